The second-order valence-electron chi connectivity index (χ2n) is 12.9. The Labute approximate surface area is 281 Å². The van der Waals surface area contributed by atoms with Crippen LogP contribution in [0.3, 0.4) is 0 Å². The molecule has 0 saturated carbocycles. The maximum Gasteiger partial charge on any atom is 0.160 e. The van der Waals surface area contributed by atoms with Gasteiger partial charge in [0.05, 0.1) is 27.8 Å². The van der Waals surface area contributed by atoms with Crippen LogP contribution >= 0.6 is 0 Å². The molecule has 0 radical (unpaired) electrons. The zero-order valence-electron chi connectivity index (χ0n) is 26.3. The van der Waals surface area contributed by atoms with Crippen LogP contribution in [-0.4, -0.2) is 14.5 Å². The highest BCUT2D eigenvalue weighted by Crippen LogP contribution is 2.49. The highest BCUT2D eigenvalue weighted by atomic mass is 16.3. The van der Waals surface area contributed by atoms with E-state index in [-0.39, 0.29) is 5.92 Å². The molecular weight excluding hydrogens is 599 g/mol. The van der Waals surface area contributed by atoms with Gasteiger partial charge >= 0.3 is 0 Å². The smallest absolute Gasteiger partial charge is 0.160 e. The number of benzene rings is 7. The standard InChI is InChI=1S/C45H27N3O/c1-2-13-27(14-3-1)40-32-19-6-7-20-33(32)43-35(40)26-46-45(47-43)34-25-28-15-4-5-16-29(28)44-41(34)42-38(23-12-24-39(42)49-44)48-36-21-10-8-17-30(36)31-18-9-11-22-37(31)48/h1-26,40H. The first-order chi connectivity index (χ1) is 24.3. The van der Waals surface area contributed by atoms with Crippen LogP contribution in [-0.2, 0) is 0 Å². The summed E-state index contributed by atoms with van der Waals surface area (Å²) in [6, 6.07) is 53.7. The molecule has 11 rings (SSSR count). The molecule has 1 unspecified atom stereocenters. The topological polar surface area (TPSA) is 43.9 Å². The Morgan fingerprint density at radius 1 is 0.551 bits per heavy atom. The summed E-state index contributed by atoms with van der Waals surface area (Å²) in [4.78, 5) is 10.6. The van der Waals surface area contributed by atoms with E-state index in [0.29, 0.717) is 5.82 Å². The molecule has 1 aliphatic rings. The number of fused-ring (bicyclic) bond motifs is 11. The average molecular weight is 626 g/mol. The van der Waals surface area contributed by atoms with E-state index in [2.05, 4.69) is 156 Å². The molecule has 1 aliphatic carbocycles. The summed E-state index contributed by atoms with van der Waals surface area (Å²) in [6.45, 7) is 0. The molecule has 3 heterocycles. The largest absolute Gasteiger partial charge is 0.455 e. The highest BCUT2D eigenvalue weighted by molar-refractivity contribution is 6.23. The zero-order valence-corrected chi connectivity index (χ0v) is 26.3. The van der Waals surface area contributed by atoms with Gasteiger partial charge in [-0.2, -0.15) is 0 Å². The van der Waals surface area contributed by atoms with Gasteiger partial charge in [-0.15, -0.1) is 0 Å². The molecule has 0 fully saturated rings. The minimum absolute atomic E-state index is 0.0923. The van der Waals surface area contributed by atoms with Gasteiger partial charge < -0.3 is 8.98 Å². The minimum Gasteiger partial charge on any atom is -0.455 e. The van der Waals surface area contributed by atoms with Crippen molar-refractivity contribution in [3.8, 4) is 28.3 Å². The molecular formula is C45H27N3O. The maximum absolute atomic E-state index is 6.85. The number of aromatic nitrogens is 3. The molecule has 4 nitrogen and oxygen atoms in total. The molecule has 10 aromatic rings. The zero-order chi connectivity index (χ0) is 32.1. The van der Waals surface area contributed by atoms with Gasteiger partial charge in [-0.3, -0.25) is 0 Å². The lowest BCUT2D eigenvalue weighted by Crippen LogP contribution is -2.01. The third-order valence-electron chi connectivity index (χ3n) is 10.3. The summed E-state index contributed by atoms with van der Waals surface area (Å²) in [7, 11) is 0. The molecule has 49 heavy (non-hydrogen) atoms. The Hall–Kier alpha value is -6.52. The third-order valence-corrected chi connectivity index (χ3v) is 10.3. The SMILES string of the molecule is c1ccc(C2c3ccccc3-c3nc(-c4cc5ccccc5c5oc6cccc(-n7c8ccccc8c8ccccc87)c6c45)ncc32)cc1. The molecule has 4 heteroatoms. The van der Waals surface area contributed by atoms with Crippen LogP contribution in [0, 0.1) is 0 Å². The number of para-hydroxylation sites is 2. The first kappa shape index (κ1) is 26.5. The van der Waals surface area contributed by atoms with Crippen molar-refractivity contribution in [3.05, 3.63) is 175 Å². The van der Waals surface area contributed by atoms with Gasteiger partial charge in [0.15, 0.2) is 5.82 Å². The monoisotopic (exact) mass is 625 g/mol. The van der Waals surface area contributed by atoms with Crippen LogP contribution < -0.4 is 0 Å². The second kappa shape index (κ2) is 9.99. The Morgan fingerprint density at radius 3 is 2.06 bits per heavy atom. The number of hydrogen-bond donors (Lipinski definition) is 0. The second-order valence-corrected chi connectivity index (χ2v) is 12.9. The van der Waals surface area contributed by atoms with Gasteiger partial charge in [0.2, 0.25) is 0 Å². The first-order valence-electron chi connectivity index (χ1n) is 16.7. The predicted octanol–water partition coefficient (Wildman–Crippen LogP) is 11.5. The van der Waals surface area contributed by atoms with E-state index in [1.165, 1.54) is 21.9 Å². The summed E-state index contributed by atoms with van der Waals surface area (Å²) in [5.41, 5.74) is 11.8. The van der Waals surface area contributed by atoms with Gasteiger partial charge in [0.1, 0.15) is 11.2 Å². The van der Waals surface area contributed by atoms with Gasteiger partial charge in [0, 0.05) is 50.4 Å². The molecule has 0 aliphatic heterocycles. The van der Waals surface area contributed by atoms with Crippen molar-refractivity contribution >= 4 is 54.5 Å². The van der Waals surface area contributed by atoms with Gasteiger partial charge in [-0.1, -0.05) is 121 Å². The van der Waals surface area contributed by atoms with E-state index in [4.69, 9.17) is 14.4 Å². The number of nitrogens with zero attached hydrogens (tertiary/aromatic N) is 3. The molecule has 0 bridgehead atoms. The van der Waals surface area contributed by atoms with Crippen molar-refractivity contribution < 1.29 is 4.42 Å². The van der Waals surface area contributed by atoms with Crippen molar-refractivity contribution in [2.24, 2.45) is 0 Å². The van der Waals surface area contributed by atoms with Crippen LogP contribution in [0.4, 0.5) is 0 Å². The molecule has 7 aromatic carbocycles. The molecule has 1 atom stereocenters. The van der Waals surface area contributed by atoms with Crippen LogP contribution in [0.15, 0.2) is 162 Å². The Kier molecular flexibility index (Phi) is 5.41. The van der Waals surface area contributed by atoms with E-state index in [9.17, 15) is 0 Å². The summed E-state index contributed by atoms with van der Waals surface area (Å²) in [5.74, 6) is 0.785. The van der Waals surface area contributed by atoms with E-state index in [0.717, 1.165) is 71.8 Å². The summed E-state index contributed by atoms with van der Waals surface area (Å²) >= 11 is 0. The van der Waals surface area contributed by atoms with Crippen molar-refractivity contribution in [2.45, 2.75) is 5.92 Å². The Balaban J connectivity index is 1.24. The Morgan fingerprint density at radius 2 is 1.24 bits per heavy atom. The summed E-state index contributed by atoms with van der Waals surface area (Å²) < 4.78 is 9.23. The lowest BCUT2D eigenvalue weighted by molar-refractivity contribution is 0.672. The van der Waals surface area contributed by atoms with E-state index in [1.807, 2.05) is 6.20 Å². The fourth-order valence-corrected chi connectivity index (χ4v) is 8.26. The van der Waals surface area contributed by atoms with Crippen molar-refractivity contribution in [1.29, 1.82) is 0 Å². The van der Waals surface area contributed by atoms with Crippen LogP contribution in [0.25, 0.3) is 82.8 Å². The fourth-order valence-electron chi connectivity index (χ4n) is 8.26. The van der Waals surface area contributed by atoms with E-state index < -0.39 is 0 Å². The van der Waals surface area contributed by atoms with Crippen molar-refractivity contribution in [3.63, 3.8) is 0 Å². The first-order valence-corrected chi connectivity index (χ1v) is 16.7. The van der Waals surface area contributed by atoms with Gasteiger partial charge in [-0.05, 0) is 46.8 Å². The van der Waals surface area contributed by atoms with Crippen LogP contribution in [0.2, 0.25) is 0 Å². The number of furan rings is 1. The van der Waals surface area contributed by atoms with Crippen LogP contribution in [0.5, 0.6) is 0 Å². The Bertz CT molecular complexity index is 2900. The molecule has 228 valence electrons. The number of hydrogen-bond acceptors (Lipinski definition) is 3. The predicted molar refractivity (Wildman–Crippen MR) is 199 cm³/mol. The van der Waals surface area contributed by atoms with Crippen LogP contribution in [0.1, 0.15) is 22.6 Å². The quantitative estimate of drug-likeness (QED) is 0.196. The average Bonchev–Trinajstić information content (AvgIpc) is 3.83. The molecule has 0 N–H and O–H groups in total. The van der Waals surface area contributed by atoms with Gasteiger partial charge in [-0.25, -0.2) is 9.97 Å². The fraction of sp³-hybridized carbons (Fsp3) is 0.0222. The molecule has 0 saturated heterocycles. The minimum atomic E-state index is 0.0923. The lowest BCUT2D eigenvalue weighted by Gasteiger charge is -2.14. The van der Waals surface area contributed by atoms with E-state index >= 15 is 0 Å². The normalized spacial score (nSPS) is 13.9. The number of rotatable bonds is 3. The van der Waals surface area contributed by atoms with E-state index in [1.54, 1.807) is 0 Å². The molecule has 3 aromatic heterocycles. The highest BCUT2D eigenvalue weighted by Gasteiger charge is 2.32. The molecule has 0 spiro atoms. The lowest BCUT2D eigenvalue weighted by atomic mass is 9.90. The maximum atomic E-state index is 6.85. The van der Waals surface area contributed by atoms with Crippen molar-refractivity contribution in [1.82, 2.24) is 14.5 Å². The third kappa shape index (κ3) is 3.68. The van der Waals surface area contributed by atoms with Crippen molar-refractivity contribution in [2.75, 3.05) is 0 Å². The summed E-state index contributed by atoms with van der Waals surface area (Å²) in [5, 5.41) is 6.69. The summed E-state index contributed by atoms with van der Waals surface area (Å²) in [6.07, 6.45) is 2.05. The molecule has 0 amide bonds. The van der Waals surface area contributed by atoms with Gasteiger partial charge in [0.25, 0.3) is 0 Å².